The Morgan fingerprint density at radius 2 is 1.67 bits per heavy atom. The van der Waals surface area contributed by atoms with Crippen LogP contribution >= 0.6 is 23.2 Å². The SMILES string of the molecule is Clc1nc(Cl)nc(Oc2ccc3c(c2)CCC3)n1. The zero-order chi connectivity index (χ0) is 12.5. The molecule has 0 radical (unpaired) electrons. The maximum absolute atomic E-state index is 5.68. The Morgan fingerprint density at radius 3 is 2.44 bits per heavy atom. The van der Waals surface area contributed by atoms with E-state index in [1.165, 1.54) is 17.5 Å². The van der Waals surface area contributed by atoms with Gasteiger partial charge in [0.25, 0.3) is 0 Å². The fraction of sp³-hybridized carbons (Fsp3) is 0.250. The smallest absolute Gasteiger partial charge is 0.327 e. The second-order valence-electron chi connectivity index (χ2n) is 4.04. The Morgan fingerprint density at radius 1 is 0.944 bits per heavy atom. The number of rotatable bonds is 2. The van der Waals surface area contributed by atoms with Crippen molar-refractivity contribution in [3.8, 4) is 11.8 Å². The molecule has 0 bridgehead atoms. The molecule has 0 fully saturated rings. The maximum atomic E-state index is 5.68. The number of ether oxygens (including phenoxy) is 1. The Labute approximate surface area is 114 Å². The van der Waals surface area contributed by atoms with Crippen molar-refractivity contribution >= 4 is 23.2 Å². The number of benzene rings is 1. The third-order valence-electron chi connectivity index (χ3n) is 2.84. The number of fused-ring (bicyclic) bond motifs is 1. The van der Waals surface area contributed by atoms with Crippen LogP contribution in [0.25, 0.3) is 0 Å². The average molecular weight is 282 g/mol. The monoisotopic (exact) mass is 281 g/mol. The molecule has 1 aromatic heterocycles. The van der Waals surface area contributed by atoms with Gasteiger partial charge in [-0.25, -0.2) is 0 Å². The van der Waals surface area contributed by atoms with Crippen molar-refractivity contribution in [2.45, 2.75) is 19.3 Å². The molecule has 0 unspecified atom stereocenters. The number of hydrogen-bond donors (Lipinski definition) is 0. The normalized spacial score (nSPS) is 13.4. The van der Waals surface area contributed by atoms with Crippen molar-refractivity contribution in [3.05, 3.63) is 39.9 Å². The number of nitrogens with zero attached hydrogens (tertiary/aromatic N) is 3. The van der Waals surface area contributed by atoms with E-state index >= 15 is 0 Å². The predicted molar refractivity (Wildman–Crippen MR) is 68.4 cm³/mol. The molecule has 0 N–H and O–H groups in total. The highest BCUT2D eigenvalue weighted by atomic mass is 35.5. The van der Waals surface area contributed by atoms with E-state index in [0.29, 0.717) is 5.75 Å². The molecule has 1 aliphatic rings. The largest absolute Gasteiger partial charge is 0.424 e. The molecular weight excluding hydrogens is 273 g/mol. The third-order valence-corrected chi connectivity index (χ3v) is 3.18. The van der Waals surface area contributed by atoms with Crippen LogP contribution in [-0.4, -0.2) is 15.0 Å². The molecule has 6 heteroatoms. The molecular formula is C12H9Cl2N3O. The lowest BCUT2D eigenvalue weighted by atomic mass is 10.1. The van der Waals surface area contributed by atoms with Crippen molar-refractivity contribution in [3.63, 3.8) is 0 Å². The van der Waals surface area contributed by atoms with Gasteiger partial charge < -0.3 is 4.74 Å². The Bertz CT molecular complexity index is 584. The van der Waals surface area contributed by atoms with E-state index in [0.717, 1.165) is 12.8 Å². The molecule has 0 saturated heterocycles. The van der Waals surface area contributed by atoms with Gasteiger partial charge in [0.1, 0.15) is 5.75 Å². The van der Waals surface area contributed by atoms with Gasteiger partial charge in [0.05, 0.1) is 0 Å². The fourth-order valence-electron chi connectivity index (χ4n) is 2.07. The predicted octanol–water partition coefficient (Wildman–Crippen LogP) is 3.46. The molecule has 18 heavy (non-hydrogen) atoms. The Hall–Kier alpha value is -1.39. The highest BCUT2D eigenvalue weighted by Gasteiger charge is 2.12. The lowest BCUT2D eigenvalue weighted by Crippen LogP contribution is -1.95. The molecule has 92 valence electrons. The molecule has 4 nitrogen and oxygen atoms in total. The first kappa shape index (κ1) is 11.7. The van der Waals surface area contributed by atoms with Crippen LogP contribution in [-0.2, 0) is 12.8 Å². The van der Waals surface area contributed by atoms with Crippen molar-refractivity contribution in [1.29, 1.82) is 0 Å². The van der Waals surface area contributed by atoms with Crippen LogP contribution in [0.1, 0.15) is 17.5 Å². The van der Waals surface area contributed by atoms with Gasteiger partial charge in [0, 0.05) is 0 Å². The minimum absolute atomic E-state index is 0.0196. The topological polar surface area (TPSA) is 47.9 Å². The number of aryl methyl sites for hydroxylation is 2. The third kappa shape index (κ3) is 2.40. The van der Waals surface area contributed by atoms with E-state index in [1.54, 1.807) is 0 Å². The molecule has 1 heterocycles. The zero-order valence-corrected chi connectivity index (χ0v) is 10.9. The molecule has 0 aliphatic heterocycles. The number of aromatic nitrogens is 3. The minimum Gasteiger partial charge on any atom is -0.424 e. The number of hydrogen-bond acceptors (Lipinski definition) is 4. The molecule has 2 aromatic rings. The summed E-state index contributed by atoms with van der Waals surface area (Å²) in [5.41, 5.74) is 2.70. The average Bonchev–Trinajstić information content (AvgIpc) is 2.74. The van der Waals surface area contributed by atoms with Crippen LogP contribution in [0.3, 0.4) is 0 Å². The summed E-state index contributed by atoms with van der Waals surface area (Å²) in [5, 5.41) is 0.0392. The summed E-state index contributed by atoms with van der Waals surface area (Å²) in [5.74, 6) is 0.689. The van der Waals surface area contributed by atoms with Gasteiger partial charge in [-0.1, -0.05) is 6.07 Å². The van der Waals surface area contributed by atoms with Crippen LogP contribution < -0.4 is 4.74 Å². The van der Waals surface area contributed by atoms with Crippen molar-refractivity contribution < 1.29 is 4.74 Å². The van der Waals surface area contributed by atoms with Gasteiger partial charge in [0.15, 0.2) is 0 Å². The summed E-state index contributed by atoms with van der Waals surface area (Å²) in [7, 11) is 0. The molecule has 0 amide bonds. The lowest BCUT2D eigenvalue weighted by Gasteiger charge is -2.06. The van der Waals surface area contributed by atoms with Crippen LogP contribution in [0.15, 0.2) is 18.2 Å². The summed E-state index contributed by atoms with van der Waals surface area (Å²) in [6, 6.07) is 6.09. The van der Waals surface area contributed by atoms with E-state index in [4.69, 9.17) is 27.9 Å². The van der Waals surface area contributed by atoms with Gasteiger partial charge in [-0.2, -0.15) is 15.0 Å². The maximum Gasteiger partial charge on any atom is 0.327 e. The van der Waals surface area contributed by atoms with Crippen molar-refractivity contribution in [1.82, 2.24) is 15.0 Å². The van der Waals surface area contributed by atoms with E-state index in [1.807, 2.05) is 12.1 Å². The molecule has 1 aliphatic carbocycles. The van der Waals surface area contributed by atoms with E-state index in [9.17, 15) is 0 Å². The molecule has 0 atom stereocenters. The fourth-order valence-corrected chi connectivity index (χ4v) is 2.42. The van der Waals surface area contributed by atoms with Gasteiger partial charge >= 0.3 is 6.01 Å². The standard InChI is InChI=1S/C12H9Cl2N3O/c13-10-15-11(14)17-12(16-10)18-9-5-4-7-2-1-3-8(7)6-9/h4-6H,1-3H2. The highest BCUT2D eigenvalue weighted by molar-refractivity contribution is 6.31. The van der Waals surface area contributed by atoms with Gasteiger partial charge in [0.2, 0.25) is 10.6 Å². The summed E-state index contributed by atoms with van der Waals surface area (Å²) in [6.07, 6.45) is 3.42. The first-order chi connectivity index (χ1) is 8.70. The van der Waals surface area contributed by atoms with E-state index in [-0.39, 0.29) is 16.6 Å². The van der Waals surface area contributed by atoms with E-state index < -0.39 is 0 Å². The Balaban J connectivity index is 1.88. The Kier molecular flexibility index (Phi) is 3.06. The van der Waals surface area contributed by atoms with Gasteiger partial charge in [-0.05, 0) is 65.7 Å². The summed E-state index contributed by atoms with van der Waals surface area (Å²) in [4.78, 5) is 11.4. The van der Waals surface area contributed by atoms with E-state index in [2.05, 4.69) is 21.0 Å². The van der Waals surface area contributed by atoms with Gasteiger partial charge in [-0.15, -0.1) is 0 Å². The van der Waals surface area contributed by atoms with Gasteiger partial charge in [-0.3, -0.25) is 0 Å². The lowest BCUT2D eigenvalue weighted by molar-refractivity contribution is 0.439. The second kappa shape index (κ2) is 4.71. The molecule has 3 rings (SSSR count). The zero-order valence-electron chi connectivity index (χ0n) is 9.36. The first-order valence-corrected chi connectivity index (χ1v) is 6.33. The second-order valence-corrected chi connectivity index (χ2v) is 4.72. The molecule has 0 spiro atoms. The minimum atomic E-state index is 0.0196. The van der Waals surface area contributed by atoms with Crippen molar-refractivity contribution in [2.24, 2.45) is 0 Å². The highest BCUT2D eigenvalue weighted by Crippen LogP contribution is 2.28. The summed E-state index contributed by atoms with van der Waals surface area (Å²) >= 11 is 11.4. The quantitative estimate of drug-likeness (QED) is 0.846. The molecule has 0 saturated carbocycles. The molecule has 1 aromatic carbocycles. The first-order valence-electron chi connectivity index (χ1n) is 5.57. The van der Waals surface area contributed by atoms with Crippen LogP contribution in [0.5, 0.6) is 11.8 Å². The summed E-state index contributed by atoms with van der Waals surface area (Å²) in [6.45, 7) is 0. The van der Waals surface area contributed by atoms with Crippen LogP contribution in [0.4, 0.5) is 0 Å². The van der Waals surface area contributed by atoms with Crippen molar-refractivity contribution in [2.75, 3.05) is 0 Å². The summed E-state index contributed by atoms with van der Waals surface area (Å²) < 4.78 is 5.53. The van der Waals surface area contributed by atoms with Crippen LogP contribution in [0, 0.1) is 0 Å². The number of halogens is 2. The van der Waals surface area contributed by atoms with Crippen LogP contribution in [0.2, 0.25) is 10.6 Å².